The van der Waals surface area contributed by atoms with E-state index in [1.54, 1.807) is 6.92 Å². The molecular formula is C8H13NO. The van der Waals surface area contributed by atoms with Crippen LogP contribution in [0.25, 0.3) is 0 Å². The lowest BCUT2D eigenvalue weighted by molar-refractivity contribution is -0.121. The fourth-order valence-corrected chi connectivity index (χ4v) is 0.840. The van der Waals surface area contributed by atoms with E-state index in [2.05, 4.69) is 6.07 Å². The highest BCUT2D eigenvalue weighted by atomic mass is 16.1. The van der Waals surface area contributed by atoms with Gasteiger partial charge in [-0.2, -0.15) is 5.26 Å². The Morgan fingerprint density at radius 2 is 2.20 bits per heavy atom. The second-order valence-electron chi connectivity index (χ2n) is 2.54. The third-order valence-corrected chi connectivity index (χ3v) is 1.85. The number of rotatable bonds is 3. The number of hydrogen-bond donors (Lipinski definition) is 0. The van der Waals surface area contributed by atoms with Crippen molar-refractivity contribution >= 4 is 5.78 Å². The van der Waals surface area contributed by atoms with Crippen LogP contribution >= 0.6 is 0 Å². The first-order valence-electron chi connectivity index (χ1n) is 3.53. The number of Topliss-reactive ketones (excluding diaryl/α,β-unsaturated/α-hetero) is 1. The first-order valence-corrected chi connectivity index (χ1v) is 3.53. The minimum atomic E-state index is -0.102. The average Bonchev–Trinajstić information content (AvgIpc) is 1.90. The van der Waals surface area contributed by atoms with Crippen molar-refractivity contribution in [3.8, 4) is 6.07 Å². The molecular weight excluding hydrogens is 126 g/mol. The predicted octanol–water partition coefficient (Wildman–Crippen LogP) is 1.76. The first-order chi connectivity index (χ1) is 4.63. The Hall–Kier alpha value is -0.840. The Morgan fingerprint density at radius 3 is 2.30 bits per heavy atom. The van der Waals surface area contributed by atoms with Gasteiger partial charge in [0.15, 0.2) is 0 Å². The number of carbonyl (C=O) groups is 1. The molecule has 0 rings (SSSR count). The molecule has 0 spiro atoms. The van der Waals surface area contributed by atoms with Crippen LogP contribution in [0.15, 0.2) is 0 Å². The summed E-state index contributed by atoms with van der Waals surface area (Å²) in [7, 11) is 0. The molecule has 10 heavy (non-hydrogen) atoms. The van der Waals surface area contributed by atoms with Crippen molar-refractivity contribution in [2.24, 2.45) is 11.8 Å². The second kappa shape index (κ2) is 4.05. The maximum atomic E-state index is 10.8. The van der Waals surface area contributed by atoms with Crippen LogP contribution in [0.4, 0.5) is 0 Å². The van der Waals surface area contributed by atoms with Gasteiger partial charge in [0.25, 0.3) is 0 Å². The molecule has 0 aliphatic rings. The highest BCUT2D eigenvalue weighted by Gasteiger charge is 2.17. The minimum Gasteiger partial charge on any atom is -0.300 e. The fraction of sp³-hybridized carbons (Fsp3) is 0.750. The zero-order valence-corrected chi connectivity index (χ0v) is 6.72. The van der Waals surface area contributed by atoms with E-state index in [0.29, 0.717) is 0 Å². The molecule has 0 aromatic heterocycles. The summed E-state index contributed by atoms with van der Waals surface area (Å²) in [5.74, 6) is -0.0964. The van der Waals surface area contributed by atoms with Crippen LogP contribution in [0.3, 0.4) is 0 Å². The molecule has 2 heteroatoms. The van der Waals surface area contributed by atoms with Gasteiger partial charge in [-0.3, -0.25) is 4.79 Å². The van der Waals surface area contributed by atoms with E-state index < -0.39 is 0 Å². The minimum absolute atomic E-state index is 0.0995. The largest absolute Gasteiger partial charge is 0.300 e. The molecule has 0 amide bonds. The zero-order chi connectivity index (χ0) is 8.15. The van der Waals surface area contributed by atoms with Crippen molar-refractivity contribution in [2.45, 2.75) is 27.2 Å². The lowest BCUT2D eigenvalue weighted by Gasteiger charge is -2.10. The second-order valence-corrected chi connectivity index (χ2v) is 2.54. The van der Waals surface area contributed by atoms with Crippen LogP contribution in [0.1, 0.15) is 27.2 Å². The Morgan fingerprint density at radius 1 is 1.70 bits per heavy atom. The molecule has 0 saturated heterocycles. The highest BCUT2D eigenvalue weighted by molar-refractivity contribution is 5.78. The summed E-state index contributed by atoms with van der Waals surface area (Å²) in [6, 6.07) is 2.11. The van der Waals surface area contributed by atoms with Crippen LogP contribution in [0.5, 0.6) is 0 Å². The third kappa shape index (κ3) is 2.18. The van der Waals surface area contributed by atoms with E-state index >= 15 is 0 Å². The number of hydrogen-bond acceptors (Lipinski definition) is 2. The van der Waals surface area contributed by atoms with Crippen molar-refractivity contribution in [1.82, 2.24) is 0 Å². The predicted molar refractivity (Wildman–Crippen MR) is 39.2 cm³/mol. The molecule has 2 atom stereocenters. The number of carbonyl (C=O) groups excluding carboxylic acids is 1. The quantitative estimate of drug-likeness (QED) is 0.597. The maximum Gasteiger partial charge on any atom is 0.133 e. The summed E-state index contributed by atoms with van der Waals surface area (Å²) in [4.78, 5) is 10.8. The number of nitriles is 1. The molecule has 0 bridgehead atoms. The summed E-state index contributed by atoms with van der Waals surface area (Å²) < 4.78 is 0. The van der Waals surface area contributed by atoms with Crippen molar-refractivity contribution in [3.63, 3.8) is 0 Å². The molecule has 0 fully saturated rings. The standard InChI is InChI=1S/C8H13NO/c1-4-8(5-9)6(2)7(3)10/h6,8H,4H2,1-3H3/t6-,8-/m0/s1. The number of nitrogens with zero attached hydrogens (tertiary/aromatic N) is 1. The third-order valence-electron chi connectivity index (χ3n) is 1.85. The lowest BCUT2D eigenvalue weighted by atomic mass is 9.90. The van der Waals surface area contributed by atoms with Gasteiger partial charge in [-0.15, -0.1) is 0 Å². The highest BCUT2D eigenvalue weighted by Crippen LogP contribution is 2.14. The van der Waals surface area contributed by atoms with Gasteiger partial charge in [-0.25, -0.2) is 0 Å². The Balaban J connectivity index is 4.05. The first kappa shape index (κ1) is 9.16. The number of ketones is 1. The topological polar surface area (TPSA) is 40.9 Å². The van der Waals surface area contributed by atoms with Crippen molar-refractivity contribution < 1.29 is 4.79 Å². The molecule has 2 nitrogen and oxygen atoms in total. The molecule has 0 aromatic carbocycles. The van der Waals surface area contributed by atoms with Gasteiger partial charge < -0.3 is 0 Å². The molecule has 0 saturated carbocycles. The summed E-state index contributed by atoms with van der Waals surface area (Å²) in [5.41, 5.74) is 0. The van der Waals surface area contributed by atoms with Crippen LogP contribution in [-0.2, 0) is 4.79 Å². The fourth-order valence-electron chi connectivity index (χ4n) is 0.840. The van der Waals surface area contributed by atoms with Crippen LogP contribution in [-0.4, -0.2) is 5.78 Å². The monoisotopic (exact) mass is 139 g/mol. The Kier molecular flexibility index (Phi) is 3.71. The lowest BCUT2D eigenvalue weighted by Crippen LogP contribution is -2.16. The molecule has 0 aliphatic heterocycles. The van der Waals surface area contributed by atoms with Gasteiger partial charge in [0.2, 0.25) is 0 Å². The van der Waals surface area contributed by atoms with Crippen molar-refractivity contribution in [3.05, 3.63) is 0 Å². The molecule has 0 N–H and O–H groups in total. The van der Waals surface area contributed by atoms with Crippen molar-refractivity contribution in [1.29, 1.82) is 5.26 Å². The van der Waals surface area contributed by atoms with Gasteiger partial charge >= 0.3 is 0 Å². The smallest absolute Gasteiger partial charge is 0.133 e. The van der Waals surface area contributed by atoms with E-state index in [9.17, 15) is 4.79 Å². The van der Waals surface area contributed by atoms with Crippen LogP contribution in [0, 0.1) is 23.2 Å². The summed E-state index contributed by atoms with van der Waals surface area (Å²) in [5, 5.41) is 8.54. The molecule has 0 heterocycles. The summed E-state index contributed by atoms with van der Waals surface area (Å²) >= 11 is 0. The van der Waals surface area contributed by atoms with E-state index in [1.165, 1.54) is 6.92 Å². The van der Waals surface area contributed by atoms with Gasteiger partial charge in [0.1, 0.15) is 5.78 Å². The summed E-state index contributed by atoms with van der Waals surface area (Å²) in [6.45, 7) is 5.26. The Labute approximate surface area is 61.8 Å². The molecule has 0 unspecified atom stereocenters. The van der Waals surface area contributed by atoms with E-state index in [0.717, 1.165) is 6.42 Å². The molecule has 0 aliphatic carbocycles. The van der Waals surface area contributed by atoms with E-state index in [-0.39, 0.29) is 17.6 Å². The molecule has 0 aromatic rings. The SMILES string of the molecule is CC[C@@H](C#N)[C@@H](C)C(C)=O. The Bertz CT molecular complexity index is 157. The van der Waals surface area contributed by atoms with Gasteiger partial charge in [-0.1, -0.05) is 13.8 Å². The summed E-state index contributed by atoms with van der Waals surface area (Å²) in [6.07, 6.45) is 0.761. The van der Waals surface area contributed by atoms with E-state index in [1.807, 2.05) is 6.92 Å². The van der Waals surface area contributed by atoms with E-state index in [4.69, 9.17) is 5.26 Å². The van der Waals surface area contributed by atoms with Gasteiger partial charge in [0, 0.05) is 5.92 Å². The molecule has 0 radical (unpaired) electrons. The van der Waals surface area contributed by atoms with Crippen LogP contribution in [0.2, 0.25) is 0 Å². The maximum absolute atomic E-state index is 10.8. The van der Waals surface area contributed by atoms with Gasteiger partial charge in [-0.05, 0) is 13.3 Å². The van der Waals surface area contributed by atoms with Crippen molar-refractivity contribution in [2.75, 3.05) is 0 Å². The molecule has 56 valence electrons. The normalized spacial score (nSPS) is 15.4. The zero-order valence-electron chi connectivity index (χ0n) is 6.72. The average molecular weight is 139 g/mol. The van der Waals surface area contributed by atoms with Crippen LogP contribution < -0.4 is 0 Å². The van der Waals surface area contributed by atoms with Gasteiger partial charge in [0.05, 0.1) is 12.0 Å².